The van der Waals surface area contributed by atoms with E-state index in [0.717, 1.165) is 35.5 Å². The largest absolute Gasteiger partial charge is 0.457 e. The Morgan fingerprint density at radius 2 is 1.57 bits per heavy atom. The highest BCUT2D eigenvalue weighted by molar-refractivity contribution is 5.99. The van der Waals surface area contributed by atoms with E-state index in [1.54, 1.807) is 12.1 Å². The first-order chi connectivity index (χ1) is 23.1. The molecule has 2 fully saturated rings. The Hall–Kier alpha value is -4.47. The first kappa shape index (κ1) is 32.5. The minimum Gasteiger partial charge on any atom is -0.457 e. The number of nitrogens with one attached hydrogen (secondary N) is 2. The van der Waals surface area contributed by atoms with Crippen molar-refractivity contribution < 1.29 is 24.1 Å². The van der Waals surface area contributed by atoms with E-state index in [9.17, 15) is 9.90 Å². The maximum Gasteiger partial charge on any atom is 0.323 e. The molecule has 8 heteroatoms. The van der Waals surface area contributed by atoms with Crippen molar-refractivity contribution in [2.24, 2.45) is 0 Å². The molecule has 1 aliphatic carbocycles. The number of carbonyl (C=O) groups excluding carboxylic acids is 1. The van der Waals surface area contributed by atoms with Gasteiger partial charge in [-0.1, -0.05) is 73.5 Å². The lowest BCUT2D eigenvalue weighted by Crippen LogP contribution is -2.43. The fourth-order valence-electron chi connectivity index (χ4n) is 6.39. The molecule has 1 aliphatic heterocycles. The van der Waals surface area contributed by atoms with E-state index in [1.165, 1.54) is 25.7 Å². The molecule has 3 N–H and O–H groups in total. The monoisotopic (exact) mass is 633 g/mol. The summed E-state index contributed by atoms with van der Waals surface area (Å²) in [5.74, 6) is 1.43. The predicted octanol–water partition coefficient (Wildman–Crippen LogP) is 8.59. The molecule has 8 nitrogen and oxygen atoms in total. The third-order valence-corrected chi connectivity index (χ3v) is 8.77. The molecule has 1 heterocycles. The number of carbonyl (C=O) groups is 1. The molecule has 1 saturated heterocycles. The highest BCUT2D eigenvalue weighted by atomic mass is 16.7. The lowest BCUT2D eigenvalue weighted by molar-refractivity contribution is -0.253. The van der Waals surface area contributed by atoms with Gasteiger partial charge < -0.3 is 30.0 Å². The summed E-state index contributed by atoms with van der Waals surface area (Å²) in [5, 5.41) is 15.4. The standard InChI is InChI=1S/C39H43N3O5/c1-2-23-42(33-11-6-7-12-33)26-36-25-37(29-17-15-28(27-43)16-18-29)47-38(46-36)30-9-8-10-32(24-30)41-39(44)40-31-19-21-35(22-20-31)45-34-13-4-3-5-14-34/h2-5,8-10,13-22,24,33,36-38,43H,1,6-7,11-12,23,25-27H2,(H2,40,41,44)/t36-,37+,38+/m1/s1. The number of aliphatic hydroxyl groups excluding tert-OH is 1. The number of amides is 2. The summed E-state index contributed by atoms with van der Waals surface area (Å²) in [7, 11) is 0. The van der Waals surface area contributed by atoms with Gasteiger partial charge >= 0.3 is 6.03 Å². The number of benzene rings is 4. The third kappa shape index (κ3) is 8.87. The normalized spacial score (nSPS) is 19.7. The molecule has 2 aliphatic rings. The van der Waals surface area contributed by atoms with Crippen LogP contribution in [0.15, 0.2) is 116 Å². The molecule has 0 unspecified atom stereocenters. The van der Waals surface area contributed by atoms with Gasteiger partial charge in [-0.25, -0.2) is 4.79 Å². The van der Waals surface area contributed by atoms with Crippen LogP contribution in [0.5, 0.6) is 11.5 Å². The highest BCUT2D eigenvalue weighted by Gasteiger charge is 2.34. The van der Waals surface area contributed by atoms with E-state index < -0.39 is 6.29 Å². The number of aliphatic hydroxyl groups is 1. The number of urea groups is 1. The van der Waals surface area contributed by atoms with Crippen LogP contribution in [0.2, 0.25) is 0 Å². The molecular formula is C39H43N3O5. The number of ether oxygens (including phenoxy) is 3. The molecule has 4 aromatic rings. The van der Waals surface area contributed by atoms with Crippen molar-refractivity contribution in [2.75, 3.05) is 23.7 Å². The molecule has 0 bridgehead atoms. The van der Waals surface area contributed by atoms with E-state index in [4.69, 9.17) is 14.2 Å². The molecule has 2 amide bonds. The summed E-state index contributed by atoms with van der Waals surface area (Å²) in [4.78, 5) is 15.4. The van der Waals surface area contributed by atoms with E-state index in [-0.39, 0.29) is 24.8 Å². The molecule has 47 heavy (non-hydrogen) atoms. The summed E-state index contributed by atoms with van der Waals surface area (Å²) >= 11 is 0. The third-order valence-electron chi connectivity index (χ3n) is 8.77. The number of hydrogen-bond donors (Lipinski definition) is 3. The van der Waals surface area contributed by atoms with Crippen LogP contribution in [0.25, 0.3) is 0 Å². The molecule has 3 atom stereocenters. The summed E-state index contributed by atoms with van der Waals surface area (Å²) in [5.41, 5.74) is 4.00. The summed E-state index contributed by atoms with van der Waals surface area (Å²) in [6.07, 6.45) is 6.75. The van der Waals surface area contributed by atoms with E-state index in [0.29, 0.717) is 29.6 Å². The van der Waals surface area contributed by atoms with Gasteiger partial charge in [-0.05, 0) is 72.5 Å². The Labute approximate surface area is 277 Å². The first-order valence-electron chi connectivity index (χ1n) is 16.4. The molecule has 6 rings (SSSR count). The number of hydrogen-bond acceptors (Lipinski definition) is 6. The molecule has 0 spiro atoms. The van der Waals surface area contributed by atoms with E-state index in [2.05, 4.69) is 22.1 Å². The van der Waals surface area contributed by atoms with Gasteiger partial charge in [0.05, 0.1) is 18.8 Å². The second-order valence-corrected chi connectivity index (χ2v) is 12.2. The lowest BCUT2D eigenvalue weighted by atomic mass is 9.99. The van der Waals surface area contributed by atoms with Crippen LogP contribution >= 0.6 is 0 Å². The van der Waals surface area contributed by atoms with Crippen molar-refractivity contribution in [3.05, 3.63) is 132 Å². The Bertz CT molecular complexity index is 1590. The van der Waals surface area contributed by atoms with Crippen molar-refractivity contribution in [1.29, 1.82) is 0 Å². The SMILES string of the molecule is C=CCN(C[C@H]1C[C@@H](c2ccc(CO)cc2)O[C@@H](c2cccc(NC(=O)Nc3ccc(Oc4ccccc4)cc3)c2)O1)C1CCCC1. The lowest BCUT2D eigenvalue weighted by Gasteiger charge is -2.39. The van der Waals surface area contributed by atoms with Gasteiger partial charge in [0.25, 0.3) is 0 Å². The molecule has 4 aromatic carbocycles. The summed E-state index contributed by atoms with van der Waals surface area (Å²) in [6, 6.07) is 32.5. The van der Waals surface area contributed by atoms with Gasteiger partial charge in [0, 0.05) is 42.5 Å². The molecule has 0 aromatic heterocycles. The van der Waals surface area contributed by atoms with E-state index in [1.807, 2.05) is 97.1 Å². The second kappa shape index (κ2) is 15.9. The maximum absolute atomic E-state index is 12.9. The van der Waals surface area contributed by atoms with Crippen LogP contribution in [0.3, 0.4) is 0 Å². The zero-order chi connectivity index (χ0) is 32.4. The molecule has 0 radical (unpaired) electrons. The second-order valence-electron chi connectivity index (χ2n) is 12.2. The quantitative estimate of drug-likeness (QED) is 0.135. The van der Waals surface area contributed by atoms with Crippen LogP contribution in [0.1, 0.15) is 61.2 Å². The molecule has 1 saturated carbocycles. The highest BCUT2D eigenvalue weighted by Crippen LogP contribution is 2.39. The minimum atomic E-state index is -0.618. The van der Waals surface area contributed by atoms with Crippen LogP contribution in [-0.2, 0) is 16.1 Å². The summed E-state index contributed by atoms with van der Waals surface area (Å²) in [6.45, 7) is 5.62. The van der Waals surface area contributed by atoms with Crippen molar-refractivity contribution in [1.82, 2.24) is 4.90 Å². The van der Waals surface area contributed by atoms with Gasteiger partial charge in [0.15, 0.2) is 6.29 Å². The predicted molar refractivity (Wildman–Crippen MR) is 184 cm³/mol. The fraction of sp³-hybridized carbons (Fsp3) is 0.308. The average Bonchev–Trinajstić information content (AvgIpc) is 3.65. The van der Waals surface area contributed by atoms with Crippen LogP contribution in [0.4, 0.5) is 16.2 Å². The van der Waals surface area contributed by atoms with Gasteiger partial charge in [-0.15, -0.1) is 6.58 Å². The zero-order valence-electron chi connectivity index (χ0n) is 26.6. The molecule has 244 valence electrons. The number of nitrogens with zero attached hydrogens (tertiary/aromatic N) is 1. The molecular weight excluding hydrogens is 590 g/mol. The minimum absolute atomic E-state index is 0.000575. The van der Waals surface area contributed by atoms with Gasteiger partial charge in [0.1, 0.15) is 11.5 Å². The Morgan fingerprint density at radius 1 is 0.851 bits per heavy atom. The smallest absolute Gasteiger partial charge is 0.323 e. The van der Waals surface area contributed by atoms with E-state index >= 15 is 0 Å². The average molecular weight is 634 g/mol. The Morgan fingerprint density at radius 3 is 2.30 bits per heavy atom. The zero-order valence-corrected chi connectivity index (χ0v) is 26.6. The van der Waals surface area contributed by atoms with Crippen molar-refractivity contribution >= 4 is 17.4 Å². The number of para-hydroxylation sites is 1. The maximum atomic E-state index is 12.9. The van der Waals surface area contributed by atoms with Gasteiger partial charge in [-0.3, -0.25) is 4.90 Å². The topological polar surface area (TPSA) is 92.3 Å². The van der Waals surface area contributed by atoms with Crippen LogP contribution < -0.4 is 15.4 Å². The Kier molecular flexibility index (Phi) is 11.0. The fourth-order valence-corrected chi connectivity index (χ4v) is 6.39. The number of anilines is 2. The summed E-state index contributed by atoms with van der Waals surface area (Å²) < 4.78 is 19.1. The first-order valence-corrected chi connectivity index (χ1v) is 16.4. The van der Waals surface area contributed by atoms with Crippen molar-refractivity contribution in [3.63, 3.8) is 0 Å². The number of rotatable bonds is 12. The van der Waals surface area contributed by atoms with Crippen molar-refractivity contribution in [2.45, 2.75) is 63.3 Å². The Balaban J connectivity index is 1.13. The van der Waals surface area contributed by atoms with Crippen LogP contribution in [-0.4, -0.2) is 41.3 Å². The van der Waals surface area contributed by atoms with Crippen molar-refractivity contribution in [3.8, 4) is 11.5 Å². The van der Waals surface area contributed by atoms with Gasteiger partial charge in [0.2, 0.25) is 0 Å². The van der Waals surface area contributed by atoms with Gasteiger partial charge in [-0.2, -0.15) is 0 Å². The van der Waals surface area contributed by atoms with Crippen LogP contribution in [0, 0.1) is 0 Å².